The van der Waals surface area contributed by atoms with Gasteiger partial charge in [-0.2, -0.15) is 0 Å². The Bertz CT molecular complexity index is 1540. The first-order chi connectivity index (χ1) is 19.0. The summed E-state index contributed by atoms with van der Waals surface area (Å²) in [4.78, 5) is 30.1. The zero-order chi connectivity index (χ0) is 28.9. The van der Waals surface area contributed by atoms with Gasteiger partial charge in [0.2, 0.25) is 11.5 Å². The van der Waals surface area contributed by atoms with Gasteiger partial charge in [-0.05, 0) is 64.3 Å². The zero-order valence-electron chi connectivity index (χ0n) is 24.4. The summed E-state index contributed by atoms with van der Waals surface area (Å²) in [7, 11) is 0. The third kappa shape index (κ3) is 7.29. The Morgan fingerprint density at radius 2 is 1.45 bits per heavy atom. The van der Waals surface area contributed by atoms with Crippen molar-refractivity contribution in [2.45, 2.75) is 72.6 Å². The second-order valence-electron chi connectivity index (χ2n) is 11.3. The zero-order valence-corrected chi connectivity index (χ0v) is 24.4. The molecule has 210 valence electrons. The number of carbonyl (C=O) groups is 2. The second kappa shape index (κ2) is 12.4. The third-order valence-corrected chi connectivity index (χ3v) is 6.75. The Kier molecular flexibility index (Phi) is 8.93. The molecule has 1 N–H and O–H groups in total. The van der Waals surface area contributed by atoms with Crippen LogP contribution < -0.4 is 10.9 Å². The molecular formula is C33H40N4O3. The number of para-hydroxylation sites is 2. The van der Waals surface area contributed by atoms with Gasteiger partial charge in [0.1, 0.15) is 5.60 Å². The van der Waals surface area contributed by atoms with Crippen LogP contribution >= 0.6 is 0 Å². The molecule has 0 aliphatic rings. The predicted octanol–water partition coefficient (Wildman–Crippen LogP) is 6.25. The smallest absolute Gasteiger partial charge is 0.437 e. The fraction of sp³-hybridized carbons (Fsp3) is 0.364. The summed E-state index contributed by atoms with van der Waals surface area (Å²) in [6.45, 7) is 12.4. The van der Waals surface area contributed by atoms with Gasteiger partial charge >= 0.3 is 6.09 Å². The van der Waals surface area contributed by atoms with Crippen LogP contribution in [0.4, 0.5) is 4.79 Å². The Labute approximate surface area is 236 Å². The number of imidazole rings is 1. The number of nitrogens with one attached hydrogen (secondary N) is 1. The van der Waals surface area contributed by atoms with Crippen LogP contribution in [0.15, 0.2) is 77.8 Å². The maximum atomic E-state index is 13.2. The van der Waals surface area contributed by atoms with E-state index in [0.29, 0.717) is 31.5 Å². The van der Waals surface area contributed by atoms with Gasteiger partial charge < -0.3 is 19.2 Å². The maximum Gasteiger partial charge on any atom is 0.437 e. The number of hydrogen-bond acceptors (Lipinski definition) is 3. The van der Waals surface area contributed by atoms with Gasteiger partial charge in [0.05, 0.1) is 23.6 Å². The van der Waals surface area contributed by atoms with E-state index in [1.165, 1.54) is 11.1 Å². The predicted molar refractivity (Wildman–Crippen MR) is 159 cm³/mol. The van der Waals surface area contributed by atoms with Crippen molar-refractivity contribution in [2.24, 2.45) is 4.99 Å². The summed E-state index contributed by atoms with van der Waals surface area (Å²) in [5.41, 5.74) is 6.26. The third-order valence-electron chi connectivity index (χ3n) is 6.75. The average molecular weight is 541 g/mol. The number of fused-ring (bicyclic) bond motifs is 1. The number of rotatable bonds is 8. The van der Waals surface area contributed by atoms with Crippen LogP contribution in [0.1, 0.15) is 62.4 Å². The molecule has 0 saturated heterocycles. The van der Waals surface area contributed by atoms with Crippen LogP contribution in [-0.4, -0.2) is 33.3 Å². The van der Waals surface area contributed by atoms with Crippen molar-refractivity contribution in [2.75, 3.05) is 6.54 Å². The second-order valence-corrected chi connectivity index (χ2v) is 11.3. The number of hydrogen-bond donors (Lipinski definition) is 1. The molecule has 1 unspecified atom stereocenters. The molecule has 3 aromatic carbocycles. The van der Waals surface area contributed by atoms with Crippen LogP contribution in [-0.2, 0) is 22.5 Å². The van der Waals surface area contributed by atoms with Crippen molar-refractivity contribution < 1.29 is 14.3 Å². The van der Waals surface area contributed by atoms with E-state index in [2.05, 4.69) is 81.8 Å². The molecule has 0 saturated carbocycles. The number of ether oxygens (including phenoxy) is 1. The lowest BCUT2D eigenvalue weighted by Gasteiger charge is -2.21. The largest absolute Gasteiger partial charge is 0.442 e. The van der Waals surface area contributed by atoms with Gasteiger partial charge in [-0.25, -0.2) is 4.79 Å². The molecule has 0 radical (unpaired) electrons. The highest BCUT2D eigenvalue weighted by Gasteiger charge is 2.23. The van der Waals surface area contributed by atoms with E-state index in [1.807, 2.05) is 52.0 Å². The van der Waals surface area contributed by atoms with Crippen LogP contribution in [0.5, 0.6) is 0 Å². The highest BCUT2D eigenvalue weighted by molar-refractivity contribution is 5.78. The fourth-order valence-electron chi connectivity index (χ4n) is 4.72. The molecule has 1 heterocycles. The Balaban J connectivity index is 1.94. The number of carbonyl (C=O) groups excluding carboxylic acids is 2. The summed E-state index contributed by atoms with van der Waals surface area (Å²) >= 11 is 0. The molecule has 0 fully saturated rings. The van der Waals surface area contributed by atoms with Crippen molar-refractivity contribution >= 4 is 23.0 Å². The van der Waals surface area contributed by atoms with Gasteiger partial charge in [0.25, 0.3) is 0 Å². The molecule has 2 amide bonds. The molecular weight excluding hydrogens is 500 g/mol. The van der Waals surface area contributed by atoms with Crippen LogP contribution in [0.3, 0.4) is 0 Å². The van der Waals surface area contributed by atoms with Gasteiger partial charge in [-0.1, -0.05) is 78.7 Å². The molecule has 4 rings (SSSR count). The molecule has 1 atom stereocenters. The monoisotopic (exact) mass is 540 g/mol. The van der Waals surface area contributed by atoms with Crippen LogP contribution in [0.2, 0.25) is 0 Å². The molecule has 0 spiro atoms. The van der Waals surface area contributed by atoms with E-state index in [1.54, 1.807) is 0 Å². The number of nitrogens with zero attached hydrogens (tertiary/aromatic N) is 3. The minimum Gasteiger partial charge on any atom is -0.442 e. The Hall–Kier alpha value is -4.13. The molecule has 40 heavy (non-hydrogen) atoms. The lowest BCUT2D eigenvalue weighted by molar-refractivity contribution is -0.120. The van der Waals surface area contributed by atoms with Crippen molar-refractivity contribution in [1.82, 2.24) is 14.5 Å². The average Bonchev–Trinajstić information content (AvgIpc) is 3.20. The van der Waals surface area contributed by atoms with Crippen LogP contribution in [0.25, 0.3) is 11.0 Å². The normalized spacial score (nSPS) is 12.9. The van der Waals surface area contributed by atoms with Gasteiger partial charge in [0.15, 0.2) is 0 Å². The van der Waals surface area contributed by atoms with E-state index >= 15 is 0 Å². The first-order valence-corrected chi connectivity index (χ1v) is 13.9. The van der Waals surface area contributed by atoms with E-state index < -0.39 is 11.7 Å². The maximum absolute atomic E-state index is 13.2. The fourth-order valence-corrected chi connectivity index (χ4v) is 4.72. The lowest BCUT2D eigenvalue weighted by Crippen LogP contribution is -2.38. The molecule has 1 aromatic heterocycles. The number of amides is 2. The molecule has 0 aliphatic carbocycles. The number of aromatic nitrogens is 2. The molecule has 7 nitrogen and oxygen atoms in total. The van der Waals surface area contributed by atoms with Gasteiger partial charge in [-0.15, -0.1) is 4.99 Å². The van der Waals surface area contributed by atoms with Crippen molar-refractivity contribution in [3.63, 3.8) is 0 Å². The molecule has 0 bridgehead atoms. The molecule has 0 aliphatic heterocycles. The standard InChI is InChI=1S/C33H40N4O3/c1-7-30(38)34-21-27(20-25-16-12-23(2)13-17-25)37-29-11-9-8-10-28(29)36(22-26-18-14-24(3)15-19-26)31(37)35-32(39)40-33(4,5)6/h8-19,27H,7,20-22H2,1-6H3,(H,34,38)/b35-31-. The summed E-state index contributed by atoms with van der Waals surface area (Å²) in [6, 6.07) is 24.6. The number of benzene rings is 3. The van der Waals surface area contributed by atoms with Crippen molar-refractivity contribution in [3.8, 4) is 0 Å². The first kappa shape index (κ1) is 28.9. The SMILES string of the molecule is CCC(=O)NCC(Cc1ccc(C)cc1)n1/c(=N\C(=O)OC(C)(C)C)n(Cc2ccc(C)cc2)c2ccccc21. The molecule has 7 heteroatoms. The summed E-state index contributed by atoms with van der Waals surface area (Å²) in [6.07, 6.45) is 0.386. The van der Waals surface area contributed by atoms with Gasteiger partial charge in [-0.3, -0.25) is 4.79 Å². The summed E-state index contributed by atoms with van der Waals surface area (Å²) < 4.78 is 9.79. The Morgan fingerprint density at radius 1 is 0.875 bits per heavy atom. The van der Waals surface area contributed by atoms with E-state index in [4.69, 9.17) is 4.74 Å². The summed E-state index contributed by atoms with van der Waals surface area (Å²) in [5.74, 6) is -0.0245. The topological polar surface area (TPSA) is 77.6 Å². The minimum atomic E-state index is -0.685. The highest BCUT2D eigenvalue weighted by atomic mass is 16.6. The van der Waals surface area contributed by atoms with Gasteiger partial charge in [0, 0.05) is 13.0 Å². The van der Waals surface area contributed by atoms with E-state index in [-0.39, 0.29) is 11.9 Å². The first-order valence-electron chi connectivity index (χ1n) is 13.9. The van der Waals surface area contributed by atoms with E-state index in [9.17, 15) is 9.59 Å². The lowest BCUT2D eigenvalue weighted by atomic mass is 10.0. The number of aryl methyl sites for hydroxylation is 2. The Morgan fingerprint density at radius 3 is 2.02 bits per heavy atom. The highest BCUT2D eigenvalue weighted by Crippen LogP contribution is 2.22. The van der Waals surface area contributed by atoms with E-state index in [0.717, 1.165) is 22.2 Å². The minimum absolute atomic E-state index is 0.0245. The van der Waals surface area contributed by atoms with Crippen molar-refractivity contribution in [1.29, 1.82) is 0 Å². The summed E-state index contributed by atoms with van der Waals surface area (Å²) in [5, 5.41) is 3.08. The van der Waals surface area contributed by atoms with Crippen molar-refractivity contribution in [3.05, 3.63) is 101 Å². The van der Waals surface area contributed by atoms with Crippen LogP contribution in [0, 0.1) is 13.8 Å². The molecule has 4 aromatic rings. The quantitative estimate of drug-likeness (QED) is 0.287.